The molecule has 1 unspecified atom stereocenters. The van der Waals surface area contributed by atoms with E-state index in [0.29, 0.717) is 24.6 Å². The molecule has 6 nitrogen and oxygen atoms in total. The number of benzene rings is 1. The van der Waals surface area contributed by atoms with Crippen LogP contribution in [0.1, 0.15) is 62.2 Å². The van der Waals surface area contributed by atoms with Crippen molar-refractivity contribution in [3.05, 3.63) is 29.8 Å². The molecule has 0 spiro atoms. The van der Waals surface area contributed by atoms with Gasteiger partial charge in [0.1, 0.15) is 0 Å². The number of likely N-dealkylation sites (N-methyl/N-ethyl adjacent to an activating group) is 1. The van der Waals surface area contributed by atoms with Gasteiger partial charge in [0.15, 0.2) is 5.78 Å². The van der Waals surface area contributed by atoms with Gasteiger partial charge in [0.25, 0.3) is 0 Å². The van der Waals surface area contributed by atoms with Crippen LogP contribution in [0.5, 0.6) is 0 Å². The Balaban J connectivity index is 1.64. The van der Waals surface area contributed by atoms with Gasteiger partial charge in [-0.3, -0.25) is 4.79 Å². The van der Waals surface area contributed by atoms with Gasteiger partial charge >= 0.3 is 0 Å². The molecule has 0 amide bonds. The number of hydrogen-bond donors (Lipinski definition) is 1. The van der Waals surface area contributed by atoms with E-state index in [9.17, 15) is 13.2 Å². The fourth-order valence-electron chi connectivity index (χ4n) is 4.85. The highest BCUT2D eigenvalue weighted by atomic mass is 32.2. The summed E-state index contributed by atoms with van der Waals surface area (Å²) in [5.74, 6) is 0.301. The molecule has 7 heteroatoms. The lowest BCUT2D eigenvalue weighted by Gasteiger charge is -2.43. The quantitative estimate of drug-likeness (QED) is 0.635. The molecule has 2 fully saturated rings. The van der Waals surface area contributed by atoms with Crippen LogP contribution in [-0.4, -0.2) is 69.2 Å². The van der Waals surface area contributed by atoms with Crippen molar-refractivity contribution in [1.82, 2.24) is 14.5 Å². The molecule has 0 aromatic heterocycles. The van der Waals surface area contributed by atoms with Gasteiger partial charge < -0.3 is 10.2 Å². The molecule has 30 heavy (non-hydrogen) atoms. The van der Waals surface area contributed by atoms with Gasteiger partial charge in [0, 0.05) is 30.7 Å². The minimum absolute atomic E-state index is 0.0659. The molecule has 1 N–H and O–H groups in total. The van der Waals surface area contributed by atoms with E-state index < -0.39 is 10.0 Å². The fraction of sp³-hybridized carbons (Fsp3) is 0.696. The fourth-order valence-corrected chi connectivity index (χ4v) is 6.49. The molecular weight excluding hydrogens is 398 g/mol. The van der Waals surface area contributed by atoms with E-state index in [0.717, 1.165) is 32.2 Å². The van der Waals surface area contributed by atoms with Crippen LogP contribution in [0.2, 0.25) is 0 Å². The first-order valence-electron chi connectivity index (χ1n) is 11.3. The Morgan fingerprint density at radius 2 is 1.93 bits per heavy atom. The highest BCUT2D eigenvalue weighted by Crippen LogP contribution is 2.31. The van der Waals surface area contributed by atoms with Crippen LogP contribution in [0.15, 0.2) is 29.2 Å². The molecule has 1 aromatic rings. The van der Waals surface area contributed by atoms with Crippen LogP contribution in [0, 0.1) is 5.92 Å². The van der Waals surface area contributed by atoms with Crippen LogP contribution >= 0.6 is 0 Å². The summed E-state index contributed by atoms with van der Waals surface area (Å²) in [6.07, 6.45) is 7.96. The third kappa shape index (κ3) is 5.31. The summed E-state index contributed by atoms with van der Waals surface area (Å²) in [7, 11) is 0.676. The van der Waals surface area contributed by atoms with Crippen LogP contribution in [-0.2, 0) is 10.0 Å². The molecule has 2 aliphatic rings. The maximum absolute atomic E-state index is 13.0. The first-order chi connectivity index (χ1) is 14.2. The second kappa shape index (κ2) is 9.90. The molecule has 1 heterocycles. The van der Waals surface area contributed by atoms with Crippen molar-refractivity contribution < 1.29 is 13.2 Å². The van der Waals surface area contributed by atoms with Gasteiger partial charge in [-0.1, -0.05) is 38.3 Å². The Morgan fingerprint density at radius 1 is 1.20 bits per heavy atom. The number of Topliss-reactive ketones (excluding diaryl/α,β-unsaturated/α-hetero) is 1. The molecule has 1 aliphatic carbocycles. The molecule has 3 rings (SSSR count). The number of ketones is 1. The molecule has 1 atom stereocenters. The Morgan fingerprint density at radius 3 is 2.60 bits per heavy atom. The zero-order chi connectivity index (χ0) is 21.8. The van der Waals surface area contributed by atoms with Gasteiger partial charge in [-0.05, 0) is 57.8 Å². The predicted molar refractivity (Wildman–Crippen MR) is 120 cm³/mol. The minimum atomic E-state index is -3.56. The summed E-state index contributed by atoms with van der Waals surface area (Å²) in [5.41, 5.74) is 0.561. The number of nitrogens with zero attached hydrogens (tertiary/aromatic N) is 2. The summed E-state index contributed by atoms with van der Waals surface area (Å²) in [6.45, 7) is 4.18. The monoisotopic (exact) mass is 435 g/mol. The summed E-state index contributed by atoms with van der Waals surface area (Å²) < 4.78 is 27.6. The van der Waals surface area contributed by atoms with Gasteiger partial charge in [0.05, 0.1) is 11.4 Å². The van der Waals surface area contributed by atoms with Crippen molar-refractivity contribution >= 4 is 15.8 Å². The number of rotatable bonds is 8. The lowest BCUT2D eigenvalue weighted by Crippen LogP contribution is -2.53. The van der Waals surface area contributed by atoms with Crippen molar-refractivity contribution in [2.24, 2.45) is 5.92 Å². The van der Waals surface area contributed by atoms with Gasteiger partial charge in [0.2, 0.25) is 10.0 Å². The molecule has 168 valence electrons. The number of sulfonamides is 1. The molecule has 0 radical (unpaired) electrons. The summed E-state index contributed by atoms with van der Waals surface area (Å²) >= 11 is 0. The smallest absolute Gasteiger partial charge is 0.243 e. The van der Waals surface area contributed by atoms with E-state index in [1.54, 1.807) is 28.6 Å². The summed E-state index contributed by atoms with van der Waals surface area (Å²) in [5, 5.41) is 3.35. The highest BCUT2D eigenvalue weighted by molar-refractivity contribution is 7.89. The van der Waals surface area contributed by atoms with E-state index in [1.807, 2.05) is 0 Å². The van der Waals surface area contributed by atoms with Crippen LogP contribution < -0.4 is 5.32 Å². The Labute approximate surface area is 182 Å². The molecule has 1 aliphatic heterocycles. The SMILES string of the molecule is CC1CCCN(S(=O)(=O)c2cccc(C(=O)CNCC3(N(C)C)CCCCC3)c2)C1. The van der Waals surface area contributed by atoms with Crippen LogP contribution in [0.25, 0.3) is 0 Å². The Hall–Kier alpha value is -1.28. The van der Waals surface area contributed by atoms with Crippen molar-refractivity contribution in [2.75, 3.05) is 40.3 Å². The first kappa shape index (κ1) is 23.4. The maximum atomic E-state index is 13.0. The largest absolute Gasteiger partial charge is 0.308 e. The van der Waals surface area contributed by atoms with E-state index >= 15 is 0 Å². The lowest BCUT2D eigenvalue weighted by atomic mass is 9.80. The number of carbonyl (C=O) groups excluding carboxylic acids is 1. The molecular formula is C23H37N3O3S. The molecule has 1 saturated carbocycles. The zero-order valence-corrected chi connectivity index (χ0v) is 19.5. The Kier molecular flexibility index (Phi) is 7.71. The maximum Gasteiger partial charge on any atom is 0.243 e. The van der Waals surface area contributed by atoms with Gasteiger partial charge in [-0.15, -0.1) is 0 Å². The van der Waals surface area contributed by atoms with Gasteiger partial charge in [-0.2, -0.15) is 4.31 Å². The standard InChI is InChI=1S/C23H37N3O3S/c1-19-9-8-14-26(17-19)30(28,29)21-11-7-10-20(15-21)22(27)16-24-18-23(25(2)3)12-5-4-6-13-23/h7,10-11,15,19,24H,4-6,8-9,12-14,16-18H2,1-3H3. The Bertz CT molecular complexity index is 832. The normalized spacial score (nSPS) is 22.9. The summed E-state index contributed by atoms with van der Waals surface area (Å²) in [4.78, 5) is 15.3. The third-order valence-corrected chi connectivity index (χ3v) is 8.75. The minimum Gasteiger partial charge on any atom is -0.308 e. The second-order valence-electron chi connectivity index (χ2n) is 9.34. The molecule has 1 aromatic carbocycles. The van der Waals surface area contributed by atoms with E-state index in [1.165, 1.54) is 19.3 Å². The molecule has 1 saturated heterocycles. The summed E-state index contributed by atoms with van der Waals surface area (Å²) in [6, 6.07) is 6.53. The molecule has 0 bridgehead atoms. The first-order valence-corrected chi connectivity index (χ1v) is 12.7. The van der Waals surface area contributed by atoms with Gasteiger partial charge in [-0.25, -0.2) is 8.42 Å². The average Bonchev–Trinajstić information content (AvgIpc) is 2.74. The van der Waals surface area contributed by atoms with E-state index in [-0.39, 0.29) is 22.8 Å². The number of piperidine rings is 1. The average molecular weight is 436 g/mol. The van der Waals surface area contributed by atoms with Crippen molar-refractivity contribution in [2.45, 2.75) is 62.3 Å². The second-order valence-corrected chi connectivity index (χ2v) is 11.3. The van der Waals surface area contributed by atoms with Crippen LogP contribution in [0.3, 0.4) is 0 Å². The lowest BCUT2D eigenvalue weighted by molar-refractivity contribution is 0.0905. The van der Waals surface area contributed by atoms with Crippen molar-refractivity contribution in [3.63, 3.8) is 0 Å². The zero-order valence-electron chi connectivity index (χ0n) is 18.7. The number of carbonyl (C=O) groups is 1. The third-order valence-electron chi connectivity index (χ3n) is 6.89. The van der Waals surface area contributed by atoms with E-state index in [4.69, 9.17) is 0 Å². The highest BCUT2D eigenvalue weighted by Gasteiger charge is 2.34. The van der Waals surface area contributed by atoms with Crippen molar-refractivity contribution in [1.29, 1.82) is 0 Å². The van der Waals surface area contributed by atoms with Crippen LogP contribution in [0.4, 0.5) is 0 Å². The van der Waals surface area contributed by atoms with Crippen molar-refractivity contribution in [3.8, 4) is 0 Å². The number of nitrogens with one attached hydrogen (secondary N) is 1. The van der Waals surface area contributed by atoms with E-state index in [2.05, 4.69) is 31.2 Å². The number of hydrogen-bond acceptors (Lipinski definition) is 5. The topological polar surface area (TPSA) is 69.7 Å². The predicted octanol–water partition coefficient (Wildman–Crippen LogP) is 3.14.